The summed E-state index contributed by atoms with van der Waals surface area (Å²) >= 11 is 0. The molecule has 0 aliphatic carbocycles. The molecular formula is C26H32N2O3. The first-order valence-electron chi connectivity index (χ1n) is 11.5. The highest BCUT2D eigenvalue weighted by molar-refractivity contribution is 5.83. The van der Waals surface area contributed by atoms with E-state index in [0.29, 0.717) is 17.7 Å². The van der Waals surface area contributed by atoms with E-state index in [9.17, 15) is 5.11 Å². The van der Waals surface area contributed by atoms with Gasteiger partial charge in [-0.3, -0.25) is 4.90 Å². The Labute approximate surface area is 184 Å². The Bertz CT molecular complexity index is 1040. The fourth-order valence-corrected chi connectivity index (χ4v) is 5.38. The number of fused-ring (bicyclic) bond motifs is 2. The number of H-pyrrole nitrogens is 1. The largest absolute Gasteiger partial charge is 0.504 e. The quantitative estimate of drug-likeness (QED) is 0.599. The number of para-hydroxylation sites is 1. The molecular weight excluding hydrogens is 388 g/mol. The van der Waals surface area contributed by atoms with E-state index in [4.69, 9.17) is 9.47 Å². The summed E-state index contributed by atoms with van der Waals surface area (Å²) in [5.74, 6) is 1.51. The number of phenolic OH excluding ortho intramolecular Hbond substituents is 1. The summed E-state index contributed by atoms with van der Waals surface area (Å²) in [5, 5.41) is 11.8. The van der Waals surface area contributed by atoms with Crippen molar-refractivity contribution >= 4 is 10.9 Å². The number of nitrogens with zero attached hydrogens (tertiary/aromatic N) is 1. The number of ether oxygens (including phenoxy) is 2. The van der Waals surface area contributed by atoms with Crippen molar-refractivity contribution in [3.05, 3.63) is 59.3 Å². The number of aromatic nitrogens is 1. The van der Waals surface area contributed by atoms with Crippen molar-refractivity contribution < 1.29 is 14.6 Å². The average molecular weight is 421 g/mol. The molecule has 3 aromatic rings. The zero-order valence-corrected chi connectivity index (χ0v) is 18.3. The van der Waals surface area contributed by atoms with E-state index in [1.165, 1.54) is 27.6 Å². The summed E-state index contributed by atoms with van der Waals surface area (Å²) in [5.41, 5.74) is 5.13. The molecule has 1 unspecified atom stereocenters. The third-order valence-electron chi connectivity index (χ3n) is 7.10. The first kappa shape index (κ1) is 20.4. The highest BCUT2D eigenvalue weighted by atomic mass is 16.5. The summed E-state index contributed by atoms with van der Waals surface area (Å²) in [7, 11) is 1.62. The molecule has 0 amide bonds. The van der Waals surface area contributed by atoms with Gasteiger partial charge in [0.25, 0.3) is 0 Å². The molecule has 1 saturated heterocycles. The van der Waals surface area contributed by atoms with Gasteiger partial charge >= 0.3 is 0 Å². The van der Waals surface area contributed by atoms with Crippen molar-refractivity contribution in [2.24, 2.45) is 5.92 Å². The fraction of sp³-hybridized carbons (Fsp3) is 0.462. The van der Waals surface area contributed by atoms with Crippen LogP contribution in [0.2, 0.25) is 0 Å². The maximum Gasteiger partial charge on any atom is 0.160 e. The second kappa shape index (κ2) is 8.93. The molecule has 5 rings (SSSR count). The van der Waals surface area contributed by atoms with Gasteiger partial charge in [0.05, 0.1) is 7.11 Å². The predicted octanol–water partition coefficient (Wildman–Crippen LogP) is 4.84. The van der Waals surface area contributed by atoms with Crippen LogP contribution in [0.4, 0.5) is 0 Å². The molecule has 1 atom stereocenters. The Hall–Kier alpha value is -2.50. The monoisotopic (exact) mass is 420 g/mol. The molecule has 0 radical (unpaired) electrons. The molecule has 5 heteroatoms. The highest BCUT2D eigenvalue weighted by Gasteiger charge is 2.31. The minimum Gasteiger partial charge on any atom is -0.504 e. The van der Waals surface area contributed by atoms with Gasteiger partial charge in [-0.25, -0.2) is 0 Å². The first-order valence-corrected chi connectivity index (χ1v) is 11.5. The van der Waals surface area contributed by atoms with E-state index >= 15 is 0 Å². The molecule has 1 fully saturated rings. The summed E-state index contributed by atoms with van der Waals surface area (Å²) in [6, 6.07) is 12.8. The van der Waals surface area contributed by atoms with Gasteiger partial charge in [-0.05, 0) is 72.9 Å². The Morgan fingerprint density at radius 3 is 2.87 bits per heavy atom. The number of aromatic amines is 1. The summed E-state index contributed by atoms with van der Waals surface area (Å²) in [4.78, 5) is 6.06. The molecule has 0 bridgehead atoms. The number of benzene rings is 2. The third kappa shape index (κ3) is 4.17. The lowest BCUT2D eigenvalue weighted by Crippen LogP contribution is -2.40. The number of hydrogen-bond donors (Lipinski definition) is 2. The Balaban J connectivity index is 1.42. The molecule has 0 saturated carbocycles. The summed E-state index contributed by atoms with van der Waals surface area (Å²) in [6.07, 6.45) is 7.48. The van der Waals surface area contributed by atoms with Crippen molar-refractivity contribution in [1.29, 1.82) is 0 Å². The Morgan fingerprint density at radius 2 is 2.03 bits per heavy atom. The molecule has 5 nitrogen and oxygen atoms in total. The predicted molar refractivity (Wildman–Crippen MR) is 123 cm³/mol. The van der Waals surface area contributed by atoms with Gasteiger partial charge in [0, 0.05) is 49.4 Å². The zero-order valence-electron chi connectivity index (χ0n) is 18.3. The SMILES string of the molecule is COc1cc2c(cc1O)C(CCc1c[nH]c3ccccc13)N(CC1CCOCC1)CC2. The smallest absolute Gasteiger partial charge is 0.160 e. The zero-order chi connectivity index (χ0) is 21.2. The summed E-state index contributed by atoms with van der Waals surface area (Å²) < 4.78 is 11.0. The van der Waals surface area contributed by atoms with Crippen LogP contribution in [0.1, 0.15) is 42.0 Å². The van der Waals surface area contributed by atoms with Crippen LogP contribution in [0.3, 0.4) is 0 Å². The fourth-order valence-electron chi connectivity index (χ4n) is 5.38. The van der Waals surface area contributed by atoms with Gasteiger partial charge < -0.3 is 19.6 Å². The van der Waals surface area contributed by atoms with Crippen molar-refractivity contribution in [2.45, 2.75) is 38.1 Å². The molecule has 2 N–H and O–H groups in total. The lowest BCUT2D eigenvalue weighted by atomic mass is 9.87. The normalized spacial score (nSPS) is 20.1. The van der Waals surface area contributed by atoms with Crippen LogP contribution in [0.5, 0.6) is 11.5 Å². The van der Waals surface area contributed by atoms with Crippen LogP contribution in [-0.2, 0) is 17.6 Å². The van der Waals surface area contributed by atoms with Crippen LogP contribution in [0.15, 0.2) is 42.6 Å². The number of rotatable bonds is 6. The number of aryl methyl sites for hydroxylation is 1. The lowest BCUT2D eigenvalue weighted by molar-refractivity contribution is 0.0423. The molecule has 164 valence electrons. The molecule has 2 aromatic carbocycles. The van der Waals surface area contributed by atoms with Crippen LogP contribution in [0.25, 0.3) is 10.9 Å². The molecule has 31 heavy (non-hydrogen) atoms. The van der Waals surface area contributed by atoms with E-state index in [0.717, 1.165) is 58.4 Å². The van der Waals surface area contributed by atoms with E-state index < -0.39 is 0 Å². The van der Waals surface area contributed by atoms with E-state index in [-0.39, 0.29) is 5.75 Å². The van der Waals surface area contributed by atoms with Gasteiger partial charge in [0.2, 0.25) is 0 Å². The summed E-state index contributed by atoms with van der Waals surface area (Å²) in [6.45, 7) is 3.92. The van der Waals surface area contributed by atoms with Crippen LogP contribution < -0.4 is 4.74 Å². The molecule has 3 heterocycles. The van der Waals surface area contributed by atoms with E-state index in [1.54, 1.807) is 7.11 Å². The number of nitrogens with one attached hydrogen (secondary N) is 1. The number of aromatic hydroxyl groups is 1. The van der Waals surface area contributed by atoms with Gasteiger partial charge in [-0.2, -0.15) is 0 Å². The maximum absolute atomic E-state index is 10.5. The van der Waals surface area contributed by atoms with Crippen LogP contribution in [0, 0.1) is 5.92 Å². The topological polar surface area (TPSA) is 57.7 Å². The lowest BCUT2D eigenvalue weighted by Gasteiger charge is -2.40. The molecule has 2 aliphatic rings. The number of methoxy groups -OCH3 is 1. The van der Waals surface area contributed by atoms with Gasteiger partial charge in [-0.1, -0.05) is 18.2 Å². The van der Waals surface area contributed by atoms with Crippen LogP contribution in [-0.4, -0.2) is 48.4 Å². The molecule has 2 aliphatic heterocycles. The number of phenols is 1. The molecule has 0 spiro atoms. The maximum atomic E-state index is 10.5. The van der Waals surface area contributed by atoms with E-state index in [1.807, 2.05) is 12.1 Å². The van der Waals surface area contributed by atoms with Crippen molar-refractivity contribution in [2.75, 3.05) is 33.4 Å². The minimum atomic E-state index is 0.242. The number of hydrogen-bond acceptors (Lipinski definition) is 4. The highest BCUT2D eigenvalue weighted by Crippen LogP contribution is 2.40. The molecule has 1 aromatic heterocycles. The van der Waals surface area contributed by atoms with Gasteiger partial charge in [-0.15, -0.1) is 0 Å². The van der Waals surface area contributed by atoms with E-state index in [2.05, 4.69) is 40.3 Å². The van der Waals surface area contributed by atoms with Gasteiger partial charge in [0.15, 0.2) is 11.5 Å². The standard InChI is InChI=1S/C26H32N2O3/c1-30-26-14-19-8-11-28(17-18-9-12-31-13-10-18)24(22(19)15-25(26)29)7-6-20-16-27-23-5-3-2-4-21(20)23/h2-5,14-16,18,24,27,29H,6-13,17H2,1H3. The average Bonchev–Trinajstić information content (AvgIpc) is 3.22. The second-order valence-corrected chi connectivity index (χ2v) is 8.94. The van der Waals surface area contributed by atoms with Crippen molar-refractivity contribution in [1.82, 2.24) is 9.88 Å². The first-order chi connectivity index (χ1) is 15.2. The van der Waals surface area contributed by atoms with Gasteiger partial charge in [0.1, 0.15) is 0 Å². The second-order valence-electron chi connectivity index (χ2n) is 8.94. The third-order valence-corrected chi connectivity index (χ3v) is 7.10. The minimum absolute atomic E-state index is 0.242. The van der Waals surface area contributed by atoms with Crippen molar-refractivity contribution in [3.63, 3.8) is 0 Å². The van der Waals surface area contributed by atoms with Crippen molar-refractivity contribution in [3.8, 4) is 11.5 Å². The van der Waals surface area contributed by atoms with Crippen LogP contribution >= 0.6 is 0 Å². The Morgan fingerprint density at radius 1 is 1.19 bits per heavy atom. The Kier molecular flexibility index (Phi) is 5.88.